The van der Waals surface area contributed by atoms with Gasteiger partial charge in [0.05, 0.1) is 5.02 Å². The predicted molar refractivity (Wildman–Crippen MR) is 98.0 cm³/mol. The van der Waals surface area contributed by atoms with Crippen LogP contribution in [0.2, 0.25) is 5.02 Å². The second-order valence-corrected chi connectivity index (χ2v) is 6.00. The van der Waals surface area contributed by atoms with E-state index in [2.05, 4.69) is 17.3 Å². The van der Waals surface area contributed by atoms with Gasteiger partial charge in [0.2, 0.25) is 0 Å². The van der Waals surface area contributed by atoms with Crippen molar-refractivity contribution in [1.82, 2.24) is 9.78 Å². The first-order valence-electron chi connectivity index (χ1n) is 8.06. The van der Waals surface area contributed by atoms with Gasteiger partial charge in [0.15, 0.2) is 12.4 Å². The molecule has 0 fully saturated rings. The van der Waals surface area contributed by atoms with Gasteiger partial charge in [-0.25, -0.2) is 9.07 Å². The normalized spacial score (nSPS) is 10.6. The Morgan fingerprint density at radius 1 is 1.23 bits per heavy atom. The van der Waals surface area contributed by atoms with E-state index in [1.807, 2.05) is 24.3 Å². The van der Waals surface area contributed by atoms with Crippen molar-refractivity contribution in [3.63, 3.8) is 0 Å². The number of aromatic nitrogens is 2. The standard InChI is InChI=1S/C19H17ClFN3O2/c1-2-13-3-5-14(6-4-13)22-19(25)18-9-10-24(23-18)12-26-15-7-8-17(21)16(20)11-15/h3-11H,2,12H2,1H3,(H,22,25). The van der Waals surface area contributed by atoms with Gasteiger partial charge in [0, 0.05) is 18.0 Å². The molecule has 1 heterocycles. The summed E-state index contributed by atoms with van der Waals surface area (Å²) in [6.45, 7) is 2.14. The Kier molecular flexibility index (Phi) is 5.53. The quantitative estimate of drug-likeness (QED) is 0.690. The third-order valence-corrected chi connectivity index (χ3v) is 4.04. The number of benzene rings is 2. The monoisotopic (exact) mass is 373 g/mol. The van der Waals surface area contributed by atoms with E-state index in [1.54, 1.807) is 12.3 Å². The number of aryl methyl sites for hydroxylation is 1. The largest absolute Gasteiger partial charge is 0.471 e. The van der Waals surface area contributed by atoms with Crippen molar-refractivity contribution < 1.29 is 13.9 Å². The van der Waals surface area contributed by atoms with Crippen molar-refractivity contribution in [2.24, 2.45) is 0 Å². The van der Waals surface area contributed by atoms with Crippen molar-refractivity contribution in [3.8, 4) is 5.75 Å². The highest BCUT2D eigenvalue weighted by atomic mass is 35.5. The van der Waals surface area contributed by atoms with E-state index in [0.717, 1.165) is 6.42 Å². The summed E-state index contributed by atoms with van der Waals surface area (Å²) >= 11 is 5.71. The SMILES string of the molecule is CCc1ccc(NC(=O)c2ccn(COc3ccc(F)c(Cl)c3)n2)cc1. The number of anilines is 1. The molecule has 0 atom stereocenters. The lowest BCUT2D eigenvalue weighted by Gasteiger charge is -2.07. The fourth-order valence-corrected chi connectivity index (χ4v) is 2.45. The van der Waals surface area contributed by atoms with Gasteiger partial charge in [-0.05, 0) is 42.3 Å². The molecule has 0 unspecified atom stereocenters. The number of nitrogens with one attached hydrogen (secondary N) is 1. The van der Waals surface area contributed by atoms with Gasteiger partial charge in [0.1, 0.15) is 11.6 Å². The lowest BCUT2D eigenvalue weighted by Crippen LogP contribution is -2.14. The zero-order valence-electron chi connectivity index (χ0n) is 14.1. The highest BCUT2D eigenvalue weighted by Crippen LogP contribution is 2.21. The maximum Gasteiger partial charge on any atom is 0.276 e. The van der Waals surface area contributed by atoms with Crippen LogP contribution in [0.4, 0.5) is 10.1 Å². The average molecular weight is 374 g/mol. The Labute approximate surface area is 155 Å². The maximum absolute atomic E-state index is 13.1. The zero-order chi connectivity index (χ0) is 18.5. The van der Waals surface area contributed by atoms with Crippen LogP contribution in [0.5, 0.6) is 5.75 Å². The molecule has 0 aliphatic rings. The molecule has 26 heavy (non-hydrogen) atoms. The molecule has 1 aromatic heterocycles. The number of nitrogens with zero attached hydrogens (tertiary/aromatic N) is 2. The molecule has 3 rings (SSSR count). The average Bonchev–Trinajstić information content (AvgIpc) is 3.12. The molecule has 1 N–H and O–H groups in total. The van der Waals surface area contributed by atoms with E-state index in [-0.39, 0.29) is 23.4 Å². The fourth-order valence-electron chi connectivity index (χ4n) is 2.28. The molecule has 134 valence electrons. The maximum atomic E-state index is 13.1. The van der Waals surface area contributed by atoms with Crippen LogP contribution >= 0.6 is 11.6 Å². The second kappa shape index (κ2) is 8.01. The molecule has 5 nitrogen and oxygen atoms in total. The summed E-state index contributed by atoms with van der Waals surface area (Å²) in [4.78, 5) is 12.3. The number of ether oxygens (including phenoxy) is 1. The van der Waals surface area contributed by atoms with Crippen molar-refractivity contribution in [3.05, 3.63) is 76.8 Å². The Hall–Kier alpha value is -2.86. The number of carbonyl (C=O) groups excluding carboxylic acids is 1. The Bertz CT molecular complexity index is 909. The van der Waals surface area contributed by atoms with Gasteiger partial charge in [-0.3, -0.25) is 4.79 Å². The number of amides is 1. The highest BCUT2D eigenvalue weighted by Gasteiger charge is 2.10. The molecular weight excluding hydrogens is 357 g/mol. The first-order chi connectivity index (χ1) is 12.5. The molecule has 7 heteroatoms. The number of hydrogen-bond donors (Lipinski definition) is 1. The van der Waals surface area contributed by atoms with E-state index in [0.29, 0.717) is 11.4 Å². The molecule has 0 aliphatic carbocycles. The Balaban J connectivity index is 1.59. The van der Waals surface area contributed by atoms with Gasteiger partial charge in [0.25, 0.3) is 5.91 Å². The summed E-state index contributed by atoms with van der Waals surface area (Å²) in [6.07, 6.45) is 2.57. The van der Waals surface area contributed by atoms with E-state index in [4.69, 9.17) is 16.3 Å². The predicted octanol–water partition coefficient (Wildman–Crippen LogP) is 4.53. The molecule has 0 aliphatic heterocycles. The molecule has 0 radical (unpaired) electrons. The summed E-state index contributed by atoms with van der Waals surface area (Å²) in [5.41, 5.74) is 2.18. The lowest BCUT2D eigenvalue weighted by molar-refractivity contribution is 0.102. The minimum Gasteiger partial charge on any atom is -0.471 e. The Morgan fingerprint density at radius 2 is 2.00 bits per heavy atom. The number of hydrogen-bond acceptors (Lipinski definition) is 3. The van der Waals surface area contributed by atoms with Gasteiger partial charge in [-0.1, -0.05) is 30.7 Å². The fraction of sp³-hybridized carbons (Fsp3) is 0.158. The molecule has 0 saturated carbocycles. The second-order valence-electron chi connectivity index (χ2n) is 5.59. The number of rotatable bonds is 6. The third-order valence-electron chi connectivity index (χ3n) is 3.75. The van der Waals surface area contributed by atoms with Gasteiger partial charge in [-0.2, -0.15) is 5.10 Å². The van der Waals surface area contributed by atoms with Crippen molar-refractivity contribution in [2.45, 2.75) is 20.1 Å². The van der Waals surface area contributed by atoms with Crippen molar-refractivity contribution >= 4 is 23.2 Å². The third kappa shape index (κ3) is 4.40. The van der Waals surface area contributed by atoms with E-state index < -0.39 is 5.82 Å². The first kappa shape index (κ1) is 17.9. The summed E-state index contributed by atoms with van der Waals surface area (Å²) in [7, 11) is 0. The topological polar surface area (TPSA) is 56.2 Å². The van der Waals surface area contributed by atoms with Crippen LogP contribution in [0.3, 0.4) is 0 Å². The molecule has 3 aromatic rings. The molecular formula is C19H17ClFN3O2. The number of carbonyl (C=O) groups is 1. The number of halogens is 2. The molecule has 1 amide bonds. The molecule has 0 bridgehead atoms. The summed E-state index contributed by atoms with van der Waals surface area (Å²) in [5.74, 6) is -0.407. The molecule has 0 saturated heterocycles. The molecule has 2 aromatic carbocycles. The van der Waals surface area contributed by atoms with Crippen LogP contribution in [0.15, 0.2) is 54.7 Å². The summed E-state index contributed by atoms with van der Waals surface area (Å²) in [6, 6.07) is 13.3. The summed E-state index contributed by atoms with van der Waals surface area (Å²) in [5, 5.41) is 6.95. The van der Waals surface area contributed by atoms with Crippen molar-refractivity contribution in [1.29, 1.82) is 0 Å². The lowest BCUT2D eigenvalue weighted by atomic mass is 10.1. The first-order valence-corrected chi connectivity index (χ1v) is 8.44. The van der Waals surface area contributed by atoms with Gasteiger partial charge < -0.3 is 10.1 Å². The Morgan fingerprint density at radius 3 is 2.69 bits per heavy atom. The van der Waals surface area contributed by atoms with Crippen LogP contribution in [0, 0.1) is 5.82 Å². The minimum absolute atomic E-state index is 0.0166. The van der Waals surface area contributed by atoms with Gasteiger partial charge >= 0.3 is 0 Å². The van der Waals surface area contributed by atoms with E-state index in [9.17, 15) is 9.18 Å². The molecule has 0 spiro atoms. The van der Waals surface area contributed by atoms with Crippen LogP contribution in [0.1, 0.15) is 23.0 Å². The highest BCUT2D eigenvalue weighted by molar-refractivity contribution is 6.30. The van der Waals surface area contributed by atoms with Crippen molar-refractivity contribution in [2.75, 3.05) is 5.32 Å². The smallest absolute Gasteiger partial charge is 0.276 e. The summed E-state index contributed by atoms with van der Waals surface area (Å²) < 4.78 is 20.1. The van der Waals surface area contributed by atoms with E-state index >= 15 is 0 Å². The van der Waals surface area contributed by atoms with Crippen LogP contribution in [0.25, 0.3) is 0 Å². The van der Waals surface area contributed by atoms with Gasteiger partial charge in [-0.15, -0.1) is 0 Å². The minimum atomic E-state index is -0.510. The zero-order valence-corrected chi connectivity index (χ0v) is 14.8. The van der Waals surface area contributed by atoms with Crippen LogP contribution < -0.4 is 10.1 Å². The van der Waals surface area contributed by atoms with Crippen LogP contribution in [-0.2, 0) is 13.2 Å². The van der Waals surface area contributed by atoms with Crippen LogP contribution in [-0.4, -0.2) is 15.7 Å². The van der Waals surface area contributed by atoms with E-state index in [1.165, 1.54) is 28.4 Å².